The Morgan fingerprint density at radius 2 is 1.76 bits per heavy atom. The van der Waals surface area contributed by atoms with E-state index < -0.39 is 0 Å². The van der Waals surface area contributed by atoms with E-state index in [4.69, 9.17) is 15.2 Å². The molecule has 5 heteroatoms. The highest BCUT2D eigenvalue weighted by molar-refractivity contribution is 6.00. The molecule has 0 aliphatic rings. The molecule has 0 amide bonds. The molecule has 94 valence electrons. The van der Waals surface area contributed by atoms with Crippen molar-refractivity contribution < 1.29 is 19.4 Å². The summed E-state index contributed by atoms with van der Waals surface area (Å²) in [6, 6.07) is 2.83. The molecule has 0 fully saturated rings. The Kier molecular flexibility index (Phi) is 4.78. The summed E-state index contributed by atoms with van der Waals surface area (Å²) in [6.45, 7) is 4.39. The van der Waals surface area contributed by atoms with Crippen molar-refractivity contribution in [1.82, 2.24) is 0 Å². The SMILES string of the molecule is CCOc1cc(O)c(C(=O)CN)cc1OCC. The Morgan fingerprint density at radius 1 is 1.24 bits per heavy atom. The van der Waals surface area contributed by atoms with E-state index in [2.05, 4.69) is 0 Å². The molecule has 0 spiro atoms. The molecule has 0 unspecified atom stereocenters. The van der Waals surface area contributed by atoms with E-state index in [1.165, 1.54) is 12.1 Å². The first-order valence-electron chi connectivity index (χ1n) is 5.49. The fraction of sp³-hybridized carbons (Fsp3) is 0.417. The summed E-state index contributed by atoms with van der Waals surface area (Å²) in [7, 11) is 0. The van der Waals surface area contributed by atoms with Crippen molar-refractivity contribution >= 4 is 5.78 Å². The molecule has 0 aliphatic heterocycles. The molecule has 0 saturated carbocycles. The summed E-state index contributed by atoms with van der Waals surface area (Å²) in [6.07, 6.45) is 0. The van der Waals surface area contributed by atoms with Gasteiger partial charge in [0, 0.05) is 6.07 Å². The average Bonchev–Trinajstić information content (AvgIpc) is 2.32. The van der Waals surface area contributed by atoms with Gasteiger partial charge in [-0.25, -0.2) is 0 Å². The largest absolute Gasteiger partial charge is 0.507 e. The number of hydrogen-bond donors (Lipinski definition) is 2. The van der Waals surface area contributed by atoms with Gasteiger partial charge in [-0.3, -0.25) is 4.79 Å². The van der Waals surface area contributed by atoms with Crippen LogP contribution in [0.5, 0.6) is 17.2 Å². The number of phenolic OH excluding ortho intramolecular Hbond substituents is 1. The van der Waals surface area contributed by atoms with Crippen LogP contribution in [0.3, 0.4) is 0 Å². The molecule has 0 aromatic heterocycles. The summed E-state index contributed by atoms with van der Waals surface area (Å²) < 4.78 is 10.7. The number of benzene rings is 1. The second kappa shape index (κ2) is 6.10. The van der Waals surface area contributed by atoms with Crippen molar-refractivity contribution in [3.05, 3.63) is 17.7 Å². The number of phenols is 1. The molecular formula is C12H17NO4. The molecule has 17 heavy (non-hydrogen) atoms. The van der Waals surface area contributed by atoms with Gasteiger partial charge in [0.2, 0.25) is 0 Å². The monoisotopic (exact) mass is 239 g/mol. The maximum Gasteiger partial charge on any atom is 0.180 e. The Bertz CT molecular complexity index is 404. The topological polar surface area (TPSA) is 81.8 Å². The lowest BCUT2D eigenvalue weighted by Crippen LogP contribution is -2.14. The van der Waals surface area contributed by atoms with Crippen LogP contribution < -0.4 is 15.2 Å². The number of Topliss-reactive ketones (excluding diaryl/α,β-unsaturated/α-hetero) is 1. The van der Waals surface area contributed by atoms with Gasteiger partial charge in [0.15, 0.2) is 17.3 Å². The Morgan fingerprint density at radius 3 is 2.24 bits per heavy atom. The molecule has 0 radical (unpaired) electrons. The van der Waals surface area contributed by atoms with E-state index in [1.807, 2.05) is 13.8 Å². The van der Waals surface area contributed by atoms with Crippen molar-refractivity contribution in [2.45, 2.75) is 13.8 Å². The second-order valence-electron chi connectivity index (χ2n) is 3.31. The number of ketones is 1. The van der Waals surface area contributed by atoms with Gasteiger partial charge in [0.1, 0.15) is 5.75 Å². The van der Waals surface area contributed by atoms with Gasteiger partial charge in [-0.15, -0.1) is 0 Å². The fourth-order valence-corrected chi connectivity index (χ4v) is 1.42. The highest BCUT2D eigenvalue weighted by Crippen LogP contribution is 2.34. The lowest BCUT2D eigenvalue weighted by Gasteiger charge is -2.13. The van der Waals surface area contributed by atoms with Crippen LogP contribution in [-0.2, 0) is 0 Å². The van der Waals surface area contributed by atoms with Gasteiger partial charge in [-0.1, -0.05) is 0 Å². The molecule has 0 aliphatic carbocycles. The van der Waals surface area contributed by atoms with Crippen LogP contribution in [0.4, 0.5) is 0 Å². The molecule has 0 bridgehead atoms. The van der Waals surface area contributed by atoms with Crippen molar-refractivity contribution in [3.63, 3.8) is 0 Å². The number of carbonyl (C=O) groups excluding carboxylic acids is 1. The average molecular weight is 239 g/mol. The van der Waals surface area contributed by atoms with Crippen molar-refractivity contribution in [2.24, 2.45) is 5.73 Å². The third kappa shape index (κ3) is 3.10. The van der Waals surface area contributed by atoms with Gasteiger partial charge in [0.05, 0.1) is 25.3 Å². The van der Waals surface area contributed by atoms with E-state index >= 15 is 0 Å². The minimum absolute atomic E-state index is 0.146. The zero-order valence-corrected chi connectivity index (χ0v) is 10.0. The van der Waals surface area contributed by atoms with Crippen LogP contribution in [0.2, 0.25) is 0 Å². The van der Waals surface area contributed by atoms with Gasteiger partial charge in [-0.2, -0.15) is 0 Å². The van der Waals surface area contributed by atoms with Crippen molar-refractivity contribution in [3.8, 4) is 17.2 Å². The van der Waals surface area contributed by atoms with E-state index in [0.29, 0.717) is 24.7 Å². The minimum atomic E-state index is -0.341. The van der Waals surface area contributed by atoms with Crippen molar-refractivity contribution in [1.29, 1.82) is 0 Å². The Labute approximate surface area is 100 Å². The highest BCUT2D eigenvalue weighted by atomic mass is 16.5. The summed E-state index contributed by atoms with van der Waals surface area (Å²) >= 11 is 0. The first-order chi connectivity index (χ1) is 8.13. The molecule has 0 atom stereocenters. The number of aromatic hydroxyl groups is 1. The van der Waals surface area contributed by atoms with E-state index in [-0.39, 0.29) is 23.6 Å². The molecule has 1 aromatic rings. The van der Waals surface area contributed by atoms with Crippen LogP contribution in [0.25, 0.3) is 0 Å². The molecule has 0 saturated heterocycles. The van der Waals surface area contributed by atoms with Crippen LogP contribution in [-0.4, -0.2) is 30.6 Å². The standard InChI is InChI=1S/C12H17NO4/c1-3-16-11-5-8(10(15)7-13)9(14)6-12(11)17-4-2/h5-6,14H,3-4,7,13H2,1-2H3. The predicted octanol–water partition coefficient (Wildman–Crippen LogP) is 1.33. The van der Waals surface area contributed by atoms with Gasteiger partial charge >= 0.3 is 0 Å². The third-order valence-corrected chi connectivity index (χ3v) is 2.15. The molecule has 1 aromatic carbocycles. The van der Waals surface area contributed by atoms with Crippen LogP contribution in [0.15, 0.2) is 12.1 Å². The number of nitrogens with two attached hydrogens (primary N) is 1. The number of carbonyl (C=O) groups is 1. The second-order valence-corrected chi connectivity index (χ2v) is 3.31. The summed E-state index contributed by atoms with van der Waals surface area (Å²) in [4.78, 5) is 11.5. The zero-order valence-electron chi connectivity index (χ0n) is 10.0. The minimum Gasteiger partial charge on any atom is -0.507 e. The van der Waals surface area contributed by atoms with Gasteiger partial charge < -0.3 is 20.3 Å². The normalized spacial score (nSPS) is 10.1. The maximum absolute atomic E-state index is 11.5. The predicted molar refractivity (Wildman–Crippen MR) is 63.8 cm³/mol. The smallest absolute Gasteiger partial charge is 0.180 e. The van der Waals surface area contributed by atoms with Gasteiger partial charge in [0.25, 0.3) is 0 Å². The number of rotatable bonds is 6. The Hall–Kier alpha value is -1.75. The summed E-state index contributed by atoms with van der Waals surface area (Å²) in [5.74, 6) is 0.364. The van der Waals surface area contributed by atoms with Crippen LogP contribution >= 0.6 is 0 Å². The van der Waals surface area contributed by atoms with E-state index in [0.717, 1.165) is 0 Å². The molecule has 3 N–H and O–H groups in total. The highest BCUT2D eigenvalue weighted by Gasteiger charge is 2.15. The summed E-state index contributed by atoms with van der Waals surface area (Å²) in [5, 5.41) is 9.70. The van der Waals surface area contributed by atoms with E-state index in [9.17, 15) is 9.90 Å². The molecule has 5 nitrogen and oxygen atoms in total. The van der Waals surface area contributed by atoms with Crippen molar-refractivity contribution in [2.75, 3.05) is 19.8 Å². The molecule has 1 rings (SSSR count). The van der Waals surface area contributed by atoms with E-state index in [1.54, 1.807) is 0 Å². The lowest BCUT2D eigenvalue weighted by molar-refractivity contribution is 0.0998. The molecule has 0 heterocycles. The maximum atomic E-state index is 11.5. The number of ether oxygens (including phenoxy) is 2. The van der Waals surface area contributed by atoms with Crippen LogP contribution in [0, 0.1) is 0 Å². The lowest BCUT2D eigenvalue weighted by atomic mass is 10.1. The molecular weight excluding hydrogens is 222 g/mol. The quantitative estimate of drug-likeness (QED) is 0.732. The fourth-order valence-electron chi connectivity index (χ4n) is 1.42. The first-order valence-corrected chi connectivity index (χ1v) is 5.49. The first kappa shape index (κ1) is 13.3. The third-order valence-electron chi connectivity index (χ3n) is 2.15. The summed E-state index contributed by atoms with van der Waals surface area (Å²) in [5.41, 5.74) is 5.41. The zero-order chi connectivity index (χ0) is 12.8. The number of hydrogen-bond acceptors (Lipinski definition) is 5. The van der Waals surface area contributed by atoms with Crippen LogP contribution in [0.1, 0.15) is 24.2 Å². The Balaban J connectivity index is 3.18. The van der Waals surface area contributed by atoms with Gasteiger partial charge in [-0.05, 0) is 19.9 Å².